The molecule has 0 aromatic heterocycles. The zero-order valence-corrected chi connectivity index (χ0v) is 12.4. The second-order valence-corrected chi connectivity index (χ2v) is 5.07. The van der Waals surface area contributed by atoms with Crippen molar-refractivity contribution in [2.75, 3.05) is 26.2 Å². The Hall–Kier alpha value is -1.68. The van der Waals surface area contributed by atoms with Gasteiger partial charge < -0.3 is 15.7 Å². The molecule has 3 N–H and O–H groups in total. The number of benzene rings is 2. The smallest absolute Gasteiger partial charge is 0.0555 e. The van der Waals surface area contributed by atoms with E-state index in [2.05, 4.69) is 59.2 Å². The van der Waals surface area contributed by atoms with Crippen LogP contribution in [0.4, 0.5) is 0 Å². The predicted octanol–water partition coefficient (Wildman–Crippen LogP) is 2.42. The van der Waals surface area contributed by atoms with Crippen molar-refractivity contribution in [3.63, 3.8) is 0 Å². The third-order valence-electron chi connectivity index (χ3n) is 3.39. The highest BCUT2D eigenvalue weighted by atomic mass is 16.3. The van der Waals surface area contributed by atoms with Gasteiger partial charge in [-0.1, -0.05) is 54.6 Å². The van der Waals surface area contributed by atoms with Crippen LogP contribution in [0.2, 0.25) is 0 Å². The lowest BCUT2D eigenvalue weighted by molar-refractivity contribution is 0.292. The van der Waals surface area contributed by atoms with E-state index in [1.165, 1.54) is 16.7 Å². The third-order valence-corrected chi connectivity index (χ3v) is 3.39. The van der Waals surface area contributed by atoms with Crippen molar-refractivity contribution in [2.24, 2.45) is 0 Å². The van der Waals surface area contributed by atoms with Crippen molar-refractivity contribution in [3.8, 4) is 11.1 Å². The topological polar surface area (TPSA) is 44.3 Å². The first kappa shape index (κ1) is 15.7. The first-order chi connectivity index (χ1) is 10.4. The third kappa shape index (κ3) is 5.68. The number of aliphatic hydroxyl groups excluding tert-OH is 1. The van der Waals surface area contributed by atoms with Gasteiger partial charge in [0.05, 0.1) is 6.61 Å². The Balaban J connectivity index is 1.71. The molecule has 0 atom stereocenters. The lowest BCUT2D eigenvalue weighted by Gasteiger charge is -2.07. The molecule has 21 heavy (non-hydrogen) atoms. The zero-order chi connectivity index (χ0) is 14.8. The molecule has 0 bridgehead atoms. The molecular formula is C18H24N2O. The van der Waals surface area contributed by atoms with Crippen LogP contribution in [0.15, 0.2) is 54.6 Å². The molecule has 0 amide bonds. The van der Waals surface area contributed by atoms with Crippen molar-refractivity contribution in [2.45, 2.75) is 13.0 Å². The van der Waals surface area contributed by atoms with Gasteiger partial charge in [-0.3, -0.25) is 0 Å². The number of hydrogen-bond acceptors (Lipinski definition) is 3. The fourth-order valence-corrected chi connectivity index (χ4v) is 2.22. The van der Waals surface area contributed by atoms with Gasteiger partial charge in [0.15, 0.2) is 0 Å². The summed E-state index contributed by atoms with van der Waals surface area (Å²) in [6.07, 6.45) is 1.07. The zero-order valence-electron chi connectivity index (χ0n) is 12.4. The van der Waals surface area contributed by atoms with Gasteiger partial charge in [-0.25, -0.2) is 0 Å². The standard InChI is InChI=1S/C18H24N2O/c21-14-13-19-11-4-12-20-15-16-7-9-18(10-8-16)17-5-2-1-3-6-17/h1-3,5-10,19-21H,4,11-15H2. The summed E-state index contributed by atoms with van der Waals surface area (Å²) in [5, 5.41) is 15.2. The molecule has 2 aromatic rings. The second-order valence-electron chi connectivity index (χ2n) is 5.07. The quantitative estimate of drug-likeness (QED) is 0.620. The van der Waals surface area contributed by atoms with Gasteiger partial charge in [0, 0.05) is 13.1 Å². The summed E-state index contributed by atoms with van der Waals surface area (Å²) in [6.45, 7) is 3.72. The minimum Gasteiger partial charge on any atom is -0.395 e. The number of nitrogens with one attached hydrogen (secondary N) is 2. The van der Waals surface area contributed by atoms with Gasteiger partial charge in [-0.15, -0.1) is 0 Å². The van der Waals surface area contributed by atoms with Gasteiger partial charge in [-0.05, 0) is 36.2 Å². The lowest BCUT2D eigenvalue weighted by Crippen LogP contribution is -2.23. The van der Waals surface area contributed by atoms with Gasteiger partial charge in [-0.2, -0.15) is 0 Å². The molecule has 0 saturated heterocycles. The Kier molecular flexibility index (Phi) is 6.95. The first-order valence-corrected chi connectivity index (χ1v) is 7.57. The fraction of sp³-hybridized carbons (Fsp3) is 0.333. The van der Waals surface area contributed by atoms with Crippen LogP contribution in [0.5, 0.6) is 0 Å². The highest BCUT2D eigenvalue weighted by Crippen LogP contribution is 2.19. The number of rotatable bonds is 9. The van der Waals surface area contributed by atoms with Crippen molar-refractivity contribution < 1.29 is 5.11 Å². The molecular weight excluding hydrogens is 260 g/mol. The maximum Gasteiger partial charge on any atom is 0.0555 e. The van der Waals surface area contributed by atoms with E-state index < -0.39 is 0 Å². The maximum atomic E-state index is 8.64. The molecule has 0 unspecified atom stereocenters. The number of aliphatic hydroxyl groups is 1. The van der Waals surface area contributed by atoms with E-state index in [-0.39, 0.29) is 6.61 Å². The van der Waals surface area contributed by atoms with Crippen LogP contribution in [0, 0.1) is 0 Å². The van der Waals surface area contributed by atoms with Crippen LogP contribution < -0.4 is 10.6 Å². The monoisotopic (exact) mass is 284 g/mol. The van der Waals surface area contributed by atoms with Gasteiger partial charge in [0.2, 0.25) is 0 Å². The molecule has 3 heteroatoms. The molecule has 0 saturated carbocycles. The second kappa shape index (κ2) is 9.29. The van der Waals surface area contributed by atoms with Gasteiger partial charge in [0.1, 0.15) is 0 Å². The summed E-state index contributed by atoms with van der Waals surface area (Å²) in [5.41, 5.74) is 3.82. The normalized spacial score (nSPS) is 10.7. The Morgan fingerprint density at radius 1 is 0.714 bits per heavy atom. The Labute approximate surface area is 127 Å². The maximum absolute atomic E-state index is 8.64. The van der Waals surface area contributed by atoms with Gasteiger partial charge in [0.25, 0.3) is 0 Å². The van der Waals surface area contributed by atoms with E-state index in [1.54, 1.807) is 0 Å². The lowest BCUT2D eigenvalue weighted by atomic mass is 10.0. The van der Waals surface area contributed by atoms with Crippen molar-refractivity contribution in [3.05, 3.63) is 60.2 Å². The van der Waals surface area contributed by atoms with Crippen molar-refractivity contribution in [1.29, 1.82) is 0 Å². The molecule has 0 radical (unpaired) electrons. The van der Waals surface area contributed by atoms with E-state index in [4.69, 9.17) is 5.11 Å². The fourth-order valence-electron chi connectivity index (χ4n) is 2.22. The van der Waals surface area contributed by atoms with E-state index in [9.17, 15) is 0 Å². The molecule has 0 aliphatic rings. The van der Waals surface area contributed by atoms with Crippen LogP contribution in [-0.4, -0.2) is 31.3 Å². The summed E-state index contributed by atoms with van der Waals surface area (Å²) in [5.74, 6) is 0. The molecule has 0 fully saturated rings. The first-order valence-electron chi connectivity index (χ1n) is 7.57. The van der Waals surface area contributed by atoms with E-state index >= 15 is 0 Å². The Bertz CT molecular complexity index is 496. The van der Waals surface area contributed by atoms with Crippen LogP contribution in [0.25, 0.3) is 11.1 Å². The average molecular weight is 284 g/mol. The largest absolute Gasteiger partial charge is 0.395 e. The number of hydrogen-bond donors (Lipinski definition) is 3. The summed E-state index contributed by atoms with van der Waals surface area (Å²) in [6, 6.07) is 19.1. The molecule has 112 valence electrons. The summed E-state index contributed by atoms with van der Waals surface area (Å²) in [4.78, 5) is 0. The molecule has 2 aromatic carbocycles. The molecule has 0 aliphatic carbocycles. The highest BCUT2D eigenvalue weighted by molar-refractivity contribution is 5.63. The van der Waals surface area contributed by atoms with Crippen LogP contribution >= 0.6 is 0 Å². The van der Waals surface area contributed by atoms with Crippen LogP contribution in [0.3, 0.4) is 0 Å². The molecule has 0 aliphatic heterocycles. The van der Waals surface area contributed by atoms with Crippen molar-refractivity contribution in [1.82, 2.24) is 10.6 Å². The summed E-state index contributed by atoms with van der Waals surface area (Å²) >= 11 is 0. The van der Waals surface area contributed by atoms with Crippen molar-refractivity contribution >= 4 is 0 Å². The van der Waals surface area contributed by atoms with Gasteiger partial charge >= 0.3 is 0 Å². The van der Waals surface area contributed by atoms with Crippen LogP contribution in [-0.2, 0) is 6.54 Å². The van der Waals surface area contributed by atoms with E-state index in [0.29, 0.717) is 6.54 Å². The predicted molar refractivity (Wildman–Crippen MR) is 88.2 cm³/mol. The molecule has 0 heterocycles. The van der Waals surface area contributed by atoms with E-state index in [0.717, 1.165) is 26.1 Å². The minimum atomic E-state index is 0.210. The summed E-state index contributed by atoms with van der Waals surface area (Å²) < 4.78 is 0. The molecule has 0 spiro atoms. The SMILES string of the molecule is OCCNCCCNCc1ccc(-c2ccccc2)cc1. The highest BCUT2D eigenvalue weighted by Gasteiger charge is 1.97. The summed E-state index contributed by atoms with van der Waals surface area (Å²) in [7, 11) is 0. The Morgan fingerprint density at radius 3 is 2.10 bits per heavy atom. The molecule has 3 nitrogen and oxygen atoms in total. The molecule has 2 rings (SSSR count). The van der Waals surface area contributed by atoms with Crippen LogP contribution in [0.1, 0.15) is 12.0 Å². The average Bonchev–Trinajstić information content (AvgIpc) is 2.55. The Morgan fingerprint density at radius 2 is 1.38 bits per heavy atom. The minimum absolute atomic E-state index is 0.210. The van der Waals surface area contributed by atoms with E-state index in [1.807, 2.05) is 6.07 Å².